The molecule has 0 heterocycles. The lowest BCUT2D eigenvalue weighted by atomic mass is 10.1. The summed E-state index contributed by atoms with van der Waals surface area (Å²) < 4.78 is 0.977. The normalized spacial score (nSPS) is 11.2. The quantitative estimate of drug-likeness (QED) is 0.675. The number of aliphatic carboxylic acids is 1. The zero-order chi connectivity index (χ0) is 11.3. The van der Waals surface area contributed by atoms with Crippen molar-refractivity contribution < 1.29 is 14.7 Å². The average molecular weight is 272 g/mol. The van der Waals surface area contributed by atoms with E-state index in [1.54, 1.807) is 6.92 Å². The number of hydrogen-bond acceptors (Lipinski definition) is 3. The molecule has 4 nitrogen and oxygen atoms in total. The zero-order valence-electron chi connectivity index (χ0n) is 8.11. The largest absolute Gasteiger partial charge is 0.479 e. The maximum absolute atomic E-state index is 10.2. The summed E-state index contributed by atoms with van der Waals surface area (Å²) in [7, 11) is 0. The number of nitrogens with zero attached hydrogens (tertiary/aromatic N) is 1. The third-order valence-corrected chi connectivity index (χ3v) is 2.18. The van der Waals surface area contributed by atoms with Gasteiger partial charge in [0.05, 0.1) is 5.71 Å². The van der Waals surface area contributed by atoms with Crippen molar-refractivity contribution in [3.05, 3.63) is 34.3 Å². The van der Waals surface area contributed by atoms with E-state index in [4.69, 9.17) is 5.11 Å². The Hall–Kier alpha value is -1.36. The summed E-state index contributed by atoms with van der Waals surface area (Å²) in [6.45, 7) is 1.33. The van der Waals surface area contributed by atoms with Crippen LogP contribution in [0.3, 0.4) is 0 Å². The van der Waals surface area contributed by atoms with Crippen molar-refractivity contribution in [3.63, 3.8) is 0 Å². The number of oxime groups is 1. The van der Waals surface area contributed by atoms with Gasteiger partial charge in [-0.05, 0) is 24.6 Å². The van der Waals surface area contributed by atoms with E-state index >= 15 is 0 Å². The summed E-state index contributed by atoms with van der Waals surface area (Å²) >= 11 is 3.32. The summed E-state index contributed by atoms with van der Waals surface area (Å²) in [6.07, 6.45) is 0. The highest BCUT2D eigenvalue weighted by Gasteiger charge is 1.99. The monoisotopic (exact) mass is 271 g/mol. The molecule has 0 unspecified atom stereocenters. The van der Waals surface area contributed by atoms with Crippen LogP contribution in [-0.4, -0.2) is 23.4 Å². The minimum atomic E-state index is -1.04. The molecule has 0 aromatic heterocycles. The molecular weight excluding hydrogens is 262 g/mol. The zero-order valence-corrected chi connectivity index (χ0v) is 9.69. The summed E-state index contributed by atoms with van der Waals surface area (Å²) in [5.74, 6) is -1.04. The van der Waals surface area contributed by atoms with E-state index in [-0.39, 0.29) is 0 Å². The molecule has 0 saturated heterocycles. The first-order valence-electron chi connectivity index (χ1n) is 4.24. The van der Waals surface area contributed by atoms with Gasteiger partial charge in [0.25, 0.3) is 0 Å². The molecule has 15 heavy (non-hydrogen) atoms. The highest BCUT2D eigenvalue weighted by Crippen LogP contribution is 2.11. The molecule has 0 spiro atoms. The minimum absolute atomic E-state index is 0.423. The van der Waals surface area contributed by atoms with Gasteiger partial charge in [-0.1, -0.05) is 33.2 Å². The Morgan fingerprint density at radius 2 is 2.07 bits per heavy atom. The fourth-order valence-corrected chi connectivity index (χ4v) is 1.19. The van der Waals surface area contributed by atoms with Crippen molar-refractivity contribution in [2.75, 3.05) is 6.61 Å². The molecule has 0 aliphatic carbocycles. The van der Waals surface area contributed by atoms with Gasteiger partial charge in [0, 0.05) is 4.47 Å². The maximum atomic E-state index is 10.2. The molecule has 0 amide bonds. The number of carbonyl (C=O) groups is 1. The highest BCUT2D eigenvalue weighted by molar-refractivity contribution is 9.10. The summed E-state index contributed by atoms with van der Waals surface area (Å²) in [5.41, 5.74) is 1.53. The van der Waals surface area contributed by atoms with Crippen LogP contribution in [-0.2, 0) is 9.63 Å². The first-order valence-corrected chi connectivity index (χ1v) is 5.03. The standard InChI is InChI=1S/C10H10BrNO3/c1-7(12-15-6-10(13)14)8-2-4-9(11)5-3-8/h2-5H,6H2,1H3,(H,13,14)/b12-7+. The van der Waals surface area contributed by atoms with Crippen LogP contribution in [0.25, 0.3) is 0 Å². The Labute approximate surface area is 95.7 Å². The molecule has 0 aliphatic heterocycles. The Bertz CT molecular complexity index is 373. The fraction of sp³-hybridized carbons (Fsp3) is 0.200. The molecule has 0 aliphatic rings. The van der Waals surface area contributed by atoms with Crippen LogP contribution < -0.4 is 0 Å². The third-order valence-electron chi connectivity index (χ3n) is 1.65. The molecule has 0 saturated carbocycles. The van der Waals surface area contributed by atoms with E-state index in [1.165, 1.54) is 0 Å². The number of carboxylic acid groups (broad SMARTS) is 1. The van der Waals surface area contributed by atoms with Gasteiger partial charge in [0.15, 0.2) is 0 Å². The lowest BCUT2D eigenvalue weighted by molar-refractivity contribution is -0.142. The Kier molecular flexibility index (Phi) is 4.30. The summed E-state index contributed by atoms with van der Waals surface area (Å²) in [4.78, 5) is 14.8. The van der Waals surface area contributed by atoms with Crippen molar-refractivity contribution in [2.24, 2.45) is 5.16 Å². The Balaban J connectivity index is 2.63. The number of carboxylic acids is 1. The van der Waals surface area contributed by atoms with Gasteiger partial charge >= 0.3 is 5.97 Å². The van der Waals surface area contributed by atoms with Crippen molar-refractivity contribution in [1.29, 1.82) is 0 Å². The van der Waals surface area contributed by atoms with Crippen LogP contribution >= 0.6 is 15.9 Å². The minimum Gasteiger partial charge on any atom is -0.479 e. The van der Waals surface area contributed by atoms with Gasteiger partial charge < -0.3 is 9.94 Å². The predicted octanol–water partition coefficient (Wildman–Crippen LogP) is 2.27. The van der Waals surface area contributed by atoms with E-state index < -0.39 is 12.6 Å². The Morgan fingerprint density at radius 1 is 1.47 bits per heavy atom. The molecule has 80 valence electrons. The summed E-state index contributed by atoms with van der Waals surface area (Å²) in [6, 6.07) is 7.50. The van der Waals surface area contributed by atoms with Crippen molar-refractivity contribution >= 4 is 27.6 Å². The van der Waals surface area contributed by atoms with Gasteiger partial charge in [0.1, 0.15) is 0 Å². The molecule has 0 bridgehead atoms. The van der Waals surface area contributed by atoms with Gasteiger partial charge in [-0.2, -0.15) is 0 Å². The smallest absolute Gasteiger partial charge is 0.344 e. The first-order chi connectivity index (χ1) is 7.09. The van der Waals surface area contributed by atoms with Crippen molar-refractivity contribution in [1.82, 2.24) is 0 Å². The van der Waals surface area contributed by atoms with Crippen LogP contribution in [0.1, 0.15) is 12.5 Å². The van der Waals surface area contributed by atoms with Crippen LogP contribution in [0.2, 0.25) is 0 Å². The SMILES string of the molecule is C/C(=N\OCC(=O)O)c1ccc(Br)cc1. The number of halogens is 1. The van der Waals surface area contributed by atoms with Crippen LogP contribution in [0.5, 0.6) is 0 Å². The van der Waals surface area contributed by atoms with E-state index in [9.17, 15) is 4.79 Å². The topological polar surface area (TPSA) is 58.9 Å². The lowest BCUT2D eigenvalue weighted by Crippen LogP contribution is -2.05. The van der Waals surface area contributed by atoms with Crippen molar-refractivity contribution in [2.45, 2.75) is 6.92 Å². The molecule has 1 aromatic carbocycles. The number of rotatable bonds is 4. The Morgan fingerprint density at radius 3 is 2.60 bits per heavy atom. The maximum Gasteiger partial charge on any atom is 0.344 e. The molecule has 0 fully saturated rings. The molecule has 1 N–H and O–H groups in total. The van der Waals surface area contributed by atoms with Gasteiger partial charge in [0.2, 0.25) is 6.61 Å². The molecule has 0 radical (unpaired) electrons. The van der Waals surface area contributed by atoms with Crippen LogP contribution in [0.4, 0.5) is 0 Å². The van der Waals surface area contributed by atoms with Gasteiger partial charge in [-0.15, -0.1) is 0 Å². The molecule has 0 atom stereocenters. The third kappa shape index (κ3) is 4.12. The second-order valence-corrected chi connectivity index (χ2v) is 3.77. The first kappa shape index (κ1) is 11.7. The fourth-order valence-electron chi connectivity index (χ4n) is 0.928. The van der Waals surface area contributed by atoms with E-state index in [2.05, 4.69) is 25.9 Å². The predicted molar refractivity (Wildman–Crippen MR) is 59.9 cm³/mol. The number of hydrogen-bond donors (Lipinski definition) is 1. The molecular formula is C10H10BrNO3. The second kappa shape index (κ2) is 5.50. The molecule has 1 rings (SSSR count). The average Bonchev–Trinajstić information content (AvgIpc) is 2.18. The van der Waals surface area contributed by atoms with E-state index in [0.29, 0.717) is 5.71 Å². The highest BCUT2D eigenvalue weighted by atomic mass is 79.9. The summed E-state index contributed by atoms with van der Waals surface area (Å²) in [5, 5.41) is 12.0. The van der Waals surface area contributed by atoms with Crippen LogP contribution in [0.15, 0.2) is 33.9 Å². The van der Waals surface area contributed by atoms with E-state index in [0.717, 1.165) is 10.0 Å². The van der Waals surface area contributed by atoms with Crippen LogP contribution in [0, 0.1) is 0 Å². The number of benzene rings is 1. The van der Waals surface area contributed by atoms with Gasteiger partial charge in [-0.3, -0.25) is 0 Å². The van der Waals surface area contributed by atoms with Gasteiger partial charge in [-0.25, -0.2) is 4.79 Å². The molecule has 1 aromatic rings. The lowest BCUT2D eigenvalue weighted by Gasteiger charge is -2.00. The molecule has 5 heteroatoms. The van der Waals surface area contributed by atoms with E-state index in [1.807, 2.05) is 24.3 Å². The second-order valence-electron chi connectivity index (χ2n) is 2.85. The van der Waals surface area contributed by atoms with Crippen molar-refractivity contribution in [3.8, 4) is 0 Å².